The summed E-state index contributed by atoms with van der Waals surface area (Å²) in [5.74, 6) is 9.97. The number of fused-ring (bicyclic) bond motifs is 3. The van der Waals surface area contributed by atoms with E-state index in [1.165, 1.54) is 75.4 Å². The van der Waals surface area contributed by atoms with Crippen LogP contribution in [0.15, 0.2) is 48.1 Å². The first-order chi connectivity index (χ1) is 29.4. The Morgan fingerprint density at radius 3 is 2.48 bits per heavy atom. The first-order valence-electron chi connectivity index (χ1n) is 23.2. The van der Waals surface area contributed by atoms with Gasteiger partial charge in [-0.25, -0.2) is 25.6 Å². The molecule has 13 nitrogen and oxygen atoms in total. The van der Waals surface area contributed by atoms with Crippen molar-refractivity contribution in [3.63, 3.8) is 0 Å². The second kappa shape index (κ2) is 24.3. The number of nitrogens with two attached hydrogens (primary N) is 2. The number of hydrogen-bond acceptors (Lipinski definition) is 12. The summed E-state index contributed by atoms with van der Waals surface area (Å²) in [6.45, 7) is 5.47. The predicted molar refractivity (Wildman–Crippen MR) is 241 cm³/mol. The smallest absolute Gasteiger partial charge is 0.326 e. The molecule has 1 fully saturated rings. The van der Waals surface area contributed by atoms with Gasteiger partial charge in [-0.3, -0.25) is 0 Å². The number of pyridine rings is 1. The fourth-order valence-corrected chi connectivity index (χ4v) is 9.02. The molecule has 3 heterocycles. The Morgan fingerprint density at radius 2 is 1.67 bits per heavy atom. The van der Waals surface area contributed by atoms with Crippen LogP contribution >= 0.6 is 0 Å². The van der Waals surface area contributed by atoms with Crippen LogP contribution in [0.4, 0.5) is 11.6 Å². The third-order valence-corrected chi connectivity index (χ3v) is 12.8. The fraction of sp³-hybridized carbons (Fsp3) is 0.660. The van der Waals surface area contributed by atoms with Gasteiger partial charge in [0.15, 0.2) is 0 Å². The number of hydrogen-bond donors (Lipinski definition) is 5. The van der Waals surface area contributed by atoms with Crippen LogP contribution in [-0.2, 0) is 22.4 Å². The number of carboxylic acid groups (broad SMARTS) is 1. The molecule has 0 amide bonds. The van der Waals surface area contributed by atoms with Gasteiger partial charge in [0.05, 0.1) is 18.7 Å². The van der Waals surface area contributed by atoms with E-state index in [1.807, 2.05) is 29.3 Å². The molecule has 0 spiro atoms. The first-order valence-corrected chi connectivity index (χ1v) is 23.2. The quantitative estimate of drug-likeness (QED) is 0.0270. The molecule has 3 aromatic rings. The Balaban J connectivity index is 0.854. The van der Waals surface area contributed by atoms with Crippen LogP contribution in [0.1, 0.15) is 127 Å². The van der Waals surface area contributed by atoms with Crippen molar-refractivity contribution < 1.29 is 19.4 Å². The van der Waals surface area contributed by atoms with Gasteiger partial charge in [0.25, 0.3) is 0 Å². The Kier molecular flexibility index (Phi) is 18.4. The maximum atomic E-state index is 12.3. The number of anilines is 2. The molecule has 3 unspecified atom stereocenters. The molecular formula is C47H73N9O4. The van der Waals surface area contributed by atoms with Gasteiger partial charge in [-0.05, 0) is 114 Å². The van der Waals surface area contributed by atoms with Gasteiger partial charge in [0.2, 0.25) is 0 Å². The number of rotatable bonds is 28. The molecule has 6 rings (SSSR count). The van der Waals surface area contributed by atoms with Gasteiger partial charge in [-0.2, -0.15) is 0 Å². The molecule has 2 aromatic heterocycles. The minimum atomic E-state index is -0.895. The van der Waals surface area contributed by atoms with E-state index in [0.717, 1.165) is 143 Å². The Bertz CT molecular complexity index is 1800. The second-order valence-electron chi connectivity index (χ2n) is 17.4. The molecule has 60 heavy (non-hydrogen) atoms. The number of aryl methyl sites for hydroxylation is 1. The Morgan fingerprint density at radius 1 is 0.917 bits per heavy atom. The highest BCUT2D eigenvalue weighted by molar-refractivity contribution is 5.90. The molecule has 2 aliphatic carbocycles. The van der Waals surface area contributed by atoms with Crippen molar-refractivity contribution in [3.8, 4) is 5.75 Å². The summed E-state index contributed by atoms with van der Waals surface area (Å²) in [7, 11) is 1.70. The van der Waals surface area contributed by atoms with Gasteiger partial charge in [0, 0.05) is 67.4 Å². The topological polar surface area (TPSA) is 177 Å². The monoisotopic (exact) mass is 828 g/mol. The summed E-state index contributed by atoms with van der Waals surface area (Å²) >= 11 is 0. The van der Waals surface area contributed by atoms with Crippen LogP contribution in [0.2, 0.25) is 0 Å². The number of nitrogens with zero attached hydrogens (tertiary/aromatic N) is 5. The van der Waals surface area contributed by atoms with Crippen LogP contribution in [0.5, 0.6) is 5.75 Å². The summed E-state index contributed by atoms with van der Waals surface area (Å²) < 4.78 is 11.8. The summed E-state index contributed by atoms with van der Waals surface area (Å²) in [5.41, 5.74) is 11.8. The molecule has 7 N–H and O–H groups in total. The minimum Gasteiger partial charge on any atom is -0.493 e. The molecule has 0 saturated heterocycles. The maximum Gasteiger partial charge on any atom is 0.326 e. The van der Waals surface area contributed by atoms with Crippen LogP contribution in [0.25, 0.3) is 10.9 Å². The zero-order valence-corrected chi connectivity index (χ0v) is 36.4. The lowest BCUT2D eigenvalue weighted by Crippen LogP contribution is -2.37. The van der Waals surface area contributed by atoms with Crippen molar-refractivity contribution in [2.24, 2.45) is 23.4 Å². The van der Waals surface area contributed by atoms with Crippen molar-refractivity contribution in [2.75, 3.05) is 63.7 Å². The molecule has 3 atom stereocenters. The molecule has 3 aliphatic rings. The number of unbranched alkanes of at least 4 members (excludes halogenated alkanes) is 9. The highest BCUT2D eigenvalue weighted by Crippen LogP contribution is 2.47. The van der Waals surface area contributed by atoms with E-state index in [9.17, 15) is 9.90 Å². The van der Waals surface area contributed by atoms with Crippen molar-refractivity contribution in [1.29, 1.82) is 0 Å². The standard InChI is InChI=1S/C47H73N9O4/c1-59-31-29-55(28-24-42(47(57)58)54-45-38-17-10-11-19-41(38)51-34-52-45)26-12-8-9-16-37-33-44(39-18-15-25-50-46(39)53-37)60-30-14-7-5-3-2-4-6-13-27-56(49)43-23-21-36-32-35(36)20-22-40(43)48/h10-11,17,19,33-36,42H,2-9,12-16,18,20-32,48-49H2,1H3,(H,50,53)(H,57,58)(H,51,52,54)/b43-40-. The minimum absolute atomic E-state index is 0.441. The van der Waals surface area contributed by atoms with E-state index in [-0.39, 0.29) is 0 Å². The van der Waals surface area contributed by atoms with E-state index in [0.29, 0.717) is 25.4 Å². The number of allylic oxidation sites excluding steroid dienone is 2. The number of aliphatic carboxylic acids is 1. The normalized spacial score (nSPS) is 19.2. The number of aromatic nitrogens is 3. The average molecular weight is 828 g/mol. The fourth-order valence-electron chi connectivity index (χ4n) is 9.02. The molecular weight excluding hydrogens is 755 g/mol. The first kappa shape index (κ1) is 45.3. The maximum absolute atomic E-state index is 12.3. The van der Waals surface area contributed by atoms with Crippen molar-refractivity contribution in [3.05, 3.63) is 59.3 Å². The number of para-hydroxylation sites is 1. The summed E-state index contributed by atoms with van der Waals surface area (Å²) in [4.78, 5) is 28.2. The number of methoxy groups -OCH3 is 1. The van der Waals surface area contributed by atoms with Gasteiger partial charge < -0.3 is 40.9 Å². The van der Waals surface area contributed by atoms with E-state index in [2.05, 4.69) is 31.6 Å². The van der Waals surface area contributed by atoms with Gasteiger partial charge in [0.1, 0.15) is 29.8 Å². The van der Waals surface area contributed by atoms with E-state index >= 15 is 0 Å². The number of carbonyl (C=O) groups is 1. The van der Waals surface area contributed by atoms with Crippen LogP contribution < -0.4 is 26.9 Å². The van der Waals surface area contributed by atoms with E-state index in [1.54, 1.807) is 7.11 Å². The van der Waals surface area contributed by atoms with Crippen LogP contribution in [0.3, 0.4) is 0 Å². The van der Waals surface area contributed by atoms with Gasteiger partial charge in [-0.15, -0.1) is 0 Å². The Labute approximate surface area is 358 Å². The van der Waals surface area contributed by atoms with Crippen molar-refractivity contribution >= 4 is 28.5 Å². The molecule has 1 saturated carbocycles. The van der Waals surface area contributed by atoms with Crippen LogP contribution in [-0.4, -0.2) is 95.0 Å². The third kappa shape index (κ3) is 14.2. The SMILES string of the molecule is COCCN(CCCCCc1cc(OCCCCCCCCCCN(N)/C2=C(\N)CCC3CC3CC2)c2c(n1)NCCC2)CCC(Nc1ncnc2ccccc12)C(=O)O. The van der Waals surface area contributed by atoms with E-state index in [4.69, 9.17) is 26.0 Å². The van der Waals surface area contributed by atoms with Crippen molar-refractivity contribution in [2.45, 2.75) is 134 Å². The van der Waals surface area contributed by atoms with Crippen molar-refractivity contribution in [1.82, 2.24) is 24.9 Å². The average Bonchev–Trinajstić information content (AvgIpc) is 4.01. The predicted octanol–water partition coefficient (Wildman–Crippen LogP) is 8.06. The summed E-state index contributed by atoms with van der Waals surface area (Å²) in [6, 6.07) is 9.04. The number of nitrogens with one attached hydrogen (secondary N) is 2. The second-order valence-corrected chi connectivity index (χ2v) is 17.4. The highest BCUT2D eigenvalue weighted by Gasteiger charge is 2.37. The molecule has 1 aliphatic heterocycles. The van der Waals surface area contributed by atoms with E-state index < -0.39 is 12.0 Å². The zero-order valence-electron chi connectivity index (χ0n) is 36.4. The highest BCUT2D eigenvalue weighted by atomic mass is 16.5. The largest absolute Gasteiger partial charge is 0.493 e. The lowest BCUT2D eigenvalue weighted by Gasteiger charge is -2.25. The molecule has 13 heteroatoms. The summed E-state index contributed by atoms with van der Waals surface area (Å²) in [5, 5.41) is 19.5. The number of hydrazine groups is 1. The Hall–Kier alpha value is -4.20. The molecule has 330 valence electrons. The molecule has 0 radical (unpaired) electrons. The number of ether oxygens (including phenoxy) is 2. The lowest BCUT2D eigenvalue weighted by molar-refractivity contribution is -0.138. The number of carboxylic acids is 1. The third-order valence-electron chi connectivity index (χ3n) is 12.8. The lowest BCUT2D eigenvalue weighted by atomic mass is 10.0. The van der Waals surface area contributed by atoms with Gasteiger partial charge >= 0.3 is 5.97 Å². The molecule has 0 bridgehead atoms. The van der Waals surface area contributed by atoms with Crippen LogP contribution in [0, 0.1) is 11.8 Å². The number of benzene rings is 1. The zero-order chi connectivity index (χ0) is 41.9. The van der Waals surface area contributed by atoms with Gasteiger partial charge in [-0.1, -0.05) is 57.1 Å². The summed E-state index contributed by atoms with van der Waals surface area (Å²) in [6.07, 6.45) is 23.7. The molecule has 1 aromatic carbocycles.